The number of ether oxygens (including phenoxy) is 4. The Kier molecular flexibility index (Phi) is 46.7. The Hall–Kier alpha value is -0.240. The van der Waals surface area contributed by atoms with E-state index in [0.717, 1.165) is 52.1 Å². The minimum absolute atomic E-state index is 0.0553. The Morgan fingerprint density at radius 3 is 0.731 bits per heavy atom. The van der Waals surface area contributed by atoms with Crippen LogP contribution in [0.5, 0.6) is 0 Å². The molecular weight excluding hydrogens is 649 g/mol. The molecule has 0 aromatic rings. The highest BCUT2D eigenvalue weighted by Crippen LogP contribution is 2.15. The molecule has 0 unspecified atom stereocenters. The van der Waals surface area contributed by atoms with Crippen LogP contribution in [0.3, 0.4) is 0 Å². The highest BCUT2D eigenvalue weighted by atomic mass is 16.5. The minimum atomic E-state index is -0.162. The summed E-state index contributed by atoms with van der Waals surface area (Å²) in [5.41, 5.74) is 0. The Bertz CT molecular complexity index is 568. The fraction of sp³-hybridized carbons (Fsp3) is 1.00. The van der Waals surface area contributed by atoms with Gasteiger partial charge in [-0.05, 0) is 25.7 Å². The zero-order valence-corrected chi connectivity index (χ0v) is 35.4. The van der Waals surface area contributed by atoms with Gasteiger partial charge >= 0.3 is 0 Å². The molecule has 2 N–H and O–H groups in total. The average molecular weight is 743 g/mol. The van der Waals surface area contributed by atoms with Crippen LogP contribution < -0.4 is 0 Å². The first kappa shape index (κ1) is 51.8. The van der Waals surface area contributed by atoms with Crippen molar-refractivity contribution in [3.05, 3.63) is 0 Å². The quantitative estimate of drug-likeness (QED) is 0.0605. The molecule has 0 aliphatic heterocycles. The first-order valence-electron chi connectivity index (χ1n) is 23.4. The Morgan fingerprint density at radius 2 is 0.500 bits per heavy atom. The molecule has 0 amide bonds. The molecule has 52 heavy (non-hydrogen) atoms. The van der Waals surface area contributed by atoms with Crippen LogP contribution in [-0.2, 0) is 18.9 Å². The maximum absolute atomic E-state index is 9.57. The maximum atomic E-state index is 9.57. The summed E-state index contributed by atoms with van der Waals surface area (Å²) in [6.45, 7) is 8.74. The average Bonchev–Trinajstić information content (AvgIpc) is 3.16. The predicted octanol–water partition coefficient (Wildman–Crippen LogP) is 13.1. The maximum Gasteiger partial charge on any atom is 0.104 e. The normalized spacial score (nSPS) is 12.9. The highest BCUT2D eigenvalue weighted by molar-refractivity contribution is 4.57. The molecule has 0 heterocycles. The van der Waals surface area contributed by atoms with Gasteiger partial charge in [0.25, 0.3) is 0 Å². The standard InChI is InChI=1S/C46H94O6/c1-3-5-7-9-11-27-31-35-39-51-45(41-47)43-49-37-33-29-25-23-21-19-17-15-13-14-16-18-20-22-24-26-30-34-38-50-44-46(42-48)52-40-36-32-28-12-10-8-6-4-2/h45-48H,3-44H2,1-2H3/t45-,46-/m0/s1. The molecule has 314 valence electrons. The van der Waals surface area contributed by atoms with Crippen LogP contribution in [0.15, 0.2) is 0 Å². The lowest BCUT2D eigenvalue weighted by molar-refractivity contribution is -0.0437. The first-order valence-corrected chi connectivity index (χ1v) is 23.4. The van der Waals surface area contributed by atoms with Crippen molar-refractivity contribution in [1.82, 2.24) is 0 Å². The molecule has 0 aromatic carbocycles. The number of hydrogen-bond donors (Lipinski definition) is 2. The van der Waals surface area contributed by atoms with E-state index in [2.05, 4.69) is 13.8 Å². The molecule has 0 fully saturated rings. The lowest BCUT2D eigenvalue weighted by atomic mass is 10.0. The van der Waals surface area contributed by atoms with E-state index < -0.39 is 0 Å². The zero-order valence-electron chi connectivity index (χ0n) is 35.4. The van der Waals surface area contributed by atoms with Crippen LogP contribution in [0, 0.1) is 0 Å². The summed E-state index contributed by atoms with van der Waals surface area (Å²) in [5.74, 6) is 0. The molecule has 0 saturated carbocycles. The lowest BCUT2D eigenvalue weighted by Gasteiger charge is -2.15. The molecule has 0 aromatic heterocycles. The second-order valence-electron chi connectivity index (χ2n) is 15.8. The third-order valence-corrected chi connectivity index (χ3v) is 10.5. The van der Waals surface area contributed by atoms with E-state index in [0.29, 0.717) is 13.2 Å². The molecule has 2 atom stereocenters. The molecule has 6 nitrogen and oxygen atoms in total. The Balaban J connectivity index is 3.27. The van der Waals surface area contributed by atoms with E-state index in [1.807, 2.05) is 0 Å². The van der Waals surface area contributed by atoms with Gasteiger partial charge in [-0.2, -0.15) is 0 Å². The lowest BCUT2D eigenvalue weighted by Crippen LogP contribution is -2.24. The van der Waals surface area contributed by atoms with Gasteiger partial charge < -0.3 is 29.2 Å². The summed E-state index contributed by atoms with van der Waals surface area (Å²) in [6, 6.07) is 0. The highest BCUT2D eigenvalue weighted by Gasteiger charge is 2.09. The molecule has 0 spiro atoms. The van der Waals surface area contributed by atoms with Crippen LogP contribution >= 0.6 is 0 Å². The number of rotatable bonds is 47. The number of aliphatic hydroxyl groups excluding tert-OH is 2. The van der Waals surface area contributed by atoms with Crippen molar-refractivity contribution in [2.75, 3.05) is 52.9 Å². The van der Waals surface area contributed by atoms with Crippen LogP contribution in [0.25, 0.3) is 0 Å². The Morgan fingerprint density at radius 1 is 0.288 bits per heavy atom. The zero-order chi connectivity index (χ0) is 37.7. The van der Waals surface area contributed by atoms with Crippen molar-refractivity contribution in [2.24, 2.45) is 0 Å². The van der Waals surface area contributed by atoms with Crippen molar-refractivity contribution in [3.63, 3.8) is 0 Å². The number of aliphatic hydroxyl groups is 2. The van der Waals surface area contributed by atoms with Gasteiger partial charge in [0.15, 0.2) is 0 Å². The van der Waals surface area contributed by atoms with Crippen LogP contribution in [0.1, 0.15) is 232 Å². The molecule has 0 saturated heterocycles. The van der Waals surface area contributed by atoms with Gasteiger partial charge in [0.05, 0.1) is 26.4 Å². The summed E-state index contributed by atoms with van der Waals surface area (Å²) >= 11 is 0. The molecule has 0 bridgehead atoms. The van der Waals surface area contributed by atoms with E-state index in [1.165, 1.54) is 193 Å². The summed E-state index contributed by atoms with van der Waals surface area (Å²) in [5, 5.41) is 19.1. The van der Waals surface area contributed by atoms with Gasteiger partial charge in [-0.1, -0.05) is 206 Å². The van der Waals surface area contributed by atoms with Crippen molar-refractivity contribution >= 4 is 0 Å². The van der Waals surface area contributed by atoms with E-state index in [4.69, 9.17) is 18.9 Å². The van der Waals surface area contributed by atoms with Crippen molar-refractivity contribution < 1.29 is 29.2 Å². The van der Waals surface area contributed by atoms with Crippen LogP contribution in [0.4, 0.5) is 0 Å². The van der Waals surface area contributed by atoms with Crippen molar-refractivity contribution in [3.8, 4) is 0 Å². The summed E-state index contributed by atoms with van der Waals surface area (Å²) in [4.78, 5) is 0. The summed E-state index contributed by atoms with van der Waals surface area (Å²) in [6.07, 6.45) is 44.6. The topological polar surface area (TPSA) is 77.4 Å². The SMILES string of the molecule is CCCCCCCCCCO[C@@H](CO)COCCCCCCCCCCCCCCCCCCCCOC[C@H](CO)OCCCCCCCCCC. The smallest absolute Gasteiger partial charge is 0.104 e. The van der Waals surface area contributed by atoms with E-state index in [1.54, 1.807) is 0 Å². The number of hydrogen-bond acceptors (Lipinski definition) is 6. The van der Waals surface area contributed by atoms with Crippen molar-refractivity contribution in [2.45, 2.75) is 244 Å². The second kappa shape index (κ2) is 46.9. The van der Waals surface area contributed by atoms with Gasteiger partial charge in [-0.15, -0.1) is 0 Å². The van der Waals surface area contributed by atoms with E-state index in [9.17, 15) is 10.2 Å². The van der Waals surface area contributed by atoms with Crippen LogP contribution in [-0.4, -0.2) is 75.3 Å². The van der Waals surface area contributed by atoms with E-state index >= 15 is 0 Å². The predicted molar refractivity (Wildman–Crippen MR) is 224 cm³/mol. The molecule has 0 radical (unpaired) electrons. The monoisotopic (exact) mass is 743 g/mol. The first-order chi connectivity index (χ1) is 25.8. The molecule has 0 rings (SSSR count). The minimum Gasteiger partial charge on any atom is -0.394 e. The molecule has 0 aliphatic carbocycles. The third-order valence-electron chi connectivity index (χ3n) is 10.5. The van der Waals surface area contributed by atoms with Crippen LogP contribution in [0.2, 0.25) is 0 Å². The molecular formula is C46H94O6. The van der Waals surface area contributed by atoms with Gasteiger partial charge in [0.1, 0.15) is 12.2 Å². The molecule has 6 heteroatoms. The number of unbranched alkanes of at least 4 members (excludes halogenated alkanes) is 31. The van der Waals surface area contributed by atoms with Gasteiger partial charge in [0, 0.05) is 26.4 Å². The van der Waals surface area contributed by atoms with Gasteiger partial charge in [-0.25, -0.2) is 0 Å². The summed E-state index contributed by atoms with van der Waals surface area (Å²) in [7, 11) is 0. The largest absolute Gasteiger partial charge is 0.394 e. The van der Waals surface area contributed by atoms with Crippen molar-refractivity contribution in [1.29, 1.82) is 0 Å². The fourth-order valence-electron chi connectivity index (χ4n) is 6.95. The summed E-state index contributed by atoms with van der Waals surface area (Å²) < 4.78 is 23.2. The second-order valence-corrected chi connectivity index (χ2v) is 15.8. The molecule has 0 aliphatic rings. The Labute approximate surface area is 325 Å². The van der Waals surface area contributed by atoms with E-state index in [-0.39, 0.29) is 25.4 Å². The van der Waals surface area contributed by atoms with Gasteiger partial charge in [0.2, 0.25) is 0 Å². The third kappa shape index (κ3) is 42.5. The fourth-order valence-corrected chi connectivity index (χ4v) is 6.95. The van der Waals surface area contributed by atoms with Gasteiger partial charge in [-0.3, -0.25) is 0 Å².